The number of thioether (sulfide) groups is 1. The molecule has 19 heavy (non-hydrogen) atoms. The predicted octanol–water partition coefficient (Wildman–Crippen LogP) is 3.90. The van der Waals surface area contributed by atoms with Crippen molar-refractivity contribution in [2.75, 3.05) is 5.75 Å². The van der Waals surface area contributed by atoms with Crippen LogP contribution in [0.25, 0.3) is 0 Å². The minimum atomic E-state index is -0.753. The first-order valence-electron chi connectivity index (χ1n) is 5.66. The number of benzene rings is 2. The normalized spacial score (nSPS) is 12.4. The van der Waals surface area contributed by atoms with Crippen molar-refractivity contribution in [3.05, 3.63) is 65.5 Å². The Morgan fingerprint density at radius 3 is 2.11 bits per heavy atom. The van der Waals surface area contributed by atoms with Gasteiger partial charge in [-0.15, -0.1) is 11.8 Å². The monoisotopic (exact) mass is 283 g/mol. The number of rotatable bonds is 4. The van der Waals surface area contributed by atoms with Crippen LogP contribution in [0, 0.1) is 17.5 Å². The van der Waals surface area contributed by atoms with E-state index >= 15 is 0 Å². The van der Waals surface area contributed by atoms with E-state index in [1.165, 1.54) is 42.1 Å². The van der Waals surface area contributed by atoms with Crippen molar-refractivity contribution in [1.29, 1.82) is 0 Å². The molecule has 0 bridgehead atoms. The molecule has 0 aliphatic carbocycles. The summed E-state index contributed by atoms with van der Waals surface area (Å²) in [7, 11) is 0. The molecule has 2 N–H and O–H groups in total. The smallest absolute Gasteiger partial charge is 0.130 e. The van der Waals surface area contributed by atoms with Gasteiger partial charge in [0.25, 0.3) is 0 Å². The molecule has 2 rings (SSSR count). The summed E-state index contributed by atoms with van der Waals surface area (Å²) < 4.78 is 39.7. The highest BCUT2D eigenvalue weighted by molar-refractivity contribution is 7.99. The van der Waals surface area contributed by atoms with Crippen molar-refractivity contribution in [2.45, 2.75) is 10.9 Å². The first kappa shape index (κ1) is 14.0. The molecule has 0 saturated carbocycles. The van der Waals surface area contributed by atoms with Gasteiger partial charge in [0.1, 0.15) is 17.5 Å². The van der Waals surface area contributed by atoms with Crippen molar-refractivity contribution in [3.8, 4) is 0 Å². The largest absolute Gasteiger partial charge is 0.323 e. The summed E-state index contributed by atoms with van der Waals surface area (Å²) in [6.07, 6.45) is 0. The molecule has 2 aromatic rings. The van der Waals surface area contributed by atoms with Gasteiger partial charge in [-0.1, -0.05) is 6.07 Å². The average Bonchev–Trinajstić information content (AvgIpc) is 2.38. The molecule has 0 saturated heterocycles. The quantitative estimate of drug-likeness (QED) is 0.861. The van der Waals surface area contributed by atoms with Crippen LogP contribution in [0.5, 0.6) is 0 Å². The molecule has 0 spiro atoms. The Morgan fingerprint density at radius 1 is 0.947 bits per heavy atom. The van der Waals surface area contributed by atoms with Crippen LogP contribution in [0.1, 0.15) is 11.6 Å². The molecule has 1 atom stereocenters. The van der Waals surface area contributed by atoms with Crippen LogP contribution in [-0.4, -0.2) is 5.75 Å². The molecule has 5 heteroatoms. The summed E-state index contributed by atoms with van der Waals surface area (Å²) in [5.74, 6) is -1.31. The van der Waals surface area contributed by atoms with E-state index in [1.807, 2.05) is 0 Å². The van der Waals surface area contributed by atoms with Crippen molar-refractivity contribution >= 4 is 11.8 Å². The molecule has 0 fully saturated rings. The molecular weight excluding hydrogens is 271 g/mol. The fraction of sp³-hybridized carbons (Fsp3) is 0.143. The molecule has 0 heterocycles. The third kappa shape index (κ3) is 3.52. The highest BCUT2D eigenvalue weighted by Gasteiger charge is 2.16. The Bertz CT molecular complexity index is 537. The van der Waals surface area contributed by atoms with E-state index in [0.29, 0.717) is 5.75 Å². The minimum absolute atomic E-state index is 0.114. The highest BCUT2D eigenvalue weighted by Crippen LogP contribution is 2.26. The average molecular weight is 283 g/mol. The van der Waals surface area contributed by atoms with Gasteiger partial charge >= 0.3 is 0 Å². The fourth-order valence-electron chi connectivity index (χ4n) is 1.67. The minimum Gasteiger partial charge on any atom is -0.323 e. The Labute approximate surface area is 113 Å². The Kier molecular flexibility index (Phi) is 4.50. The van der Waals surface area contributed by atoms with Crippen molar-refractivity contribution in [3.63, 3.8) is 0 Å². The zero-order valence-corrected chi connectivity index (χ0v) is 10.8. The second-order valence-electron chi connectivity index (χ2n) is 4.01. The van der Waals surface area contributed by atoms with Gasteiger partial charge in [0.2, 0.25) is 0 Å². The van der Waals surface area contributed by atoms with E-state index in [9.17, 15) is 13.2 Å². The van der Waals surface area contributed by atoms with Crippen LogP contribution >= 0.6 is 11.8 Å². The third-order valence-electron chi connectivity index (χ3n) is 2.61. The van der Waals surface area contributed by atoms with Crippen LogP contribution in [0.3, 0.4) is 0 Å². The first-order valence-corrected chi connectivity index (χ1v) is 6.64. The Hall–Kier alpha value is -1.46. The molecule has 0 radical (unpaired) electrons. The summed E-state index contributed by atoms with van der Waals surface area (Å²) in [5, 5.41) is 0. The van der Waals surface area contributed by atoms with Gasteiger partial charge < -0.3 is 5.73 Å². The van der Waals surface area contributed by atoms with Crippen LogP contribution in [-0.2, 0) is 0 Å². The molecule has 0 aromatic heterocycles. The van der Waals surface area contributed by atoms with Crippen LogP contribution in [0.15, 0.2) is 47.4 Å². The number of halogens is 3. The SMILES string of the molecule is NC(CSc1ccc(F)cc1)c1c(F)cccc1F. The zero-order chi connectivity index (χ0) is 13.8. The van der Waals surface area contributed by atoms with Gasteiger partial charge in [0.05, 0.1) is 0 Å². The highest BCUT2D eigenvalue weighted by atomic mass is 32.2. The standard InChI is InChI=1S/C14H12F3NS/c15-9-4-6-10(7-5-9)19-8-13(18)14-11(16)2-1-3-12(14)17/h1-7,13H,8,18H2. The third-order valence-corrected chi connectivity index (χ3v) is 3.74. The second-order valence-corrected chi connectivity index (χ2v) is 5.10. The van der Waals surface area contributed by atoms with Gasteiger partial charge in [-0.2, -0.15) is 0 Å². The van der Waals surface area contributed by atoms with E-state index in [-0.39, 0.29) is 11.4 Å². The molecule has 0 aliphatic rings. The number of hydrogen-bond donors (Lipinski definition) is 1. The second kappa shape index (κ2) is 6.12. The topological polar surface area (TPSA) is 26.0 Å². The number of hydrogen-bond acceptors (Lipinski definition) is 2. The van der Waals surface area contributed by atoms with E-state index < -0.39 is 17.7 Å². The summed E-state index contributed by atoms with van der Waals surface area (Å²) in [6.45, 7) is 0. The Morgan fingerprint density at radius 2 is 1.53 bits per heavy atom. The summed E-state index contributed by atoms with van der Waals surface area (Å²) in [5.41, 5.74) is 5.69. The molecule has 100 valence electrons. The van der Waals surface area contributed by atoms with Gasteiger partial charge in [-0.05, 0) is 36.4 Å². The van der Waals surface area contributed by atoms with Crippen molar-refractivity contribution < 1.29 is 13.2 Å². The molecule has 1 unspecified atom stereocenters. The molecular formula is C14H12F3NS. The predicted molar refractivity (Wildman–Crippen MR) is 70.4 cm³/mol. The zero-order valence-electron chi connectivity index (χ0n) is 9.95. The van der Waals surface area contributed by atoms with E-state index in [1.54, 1.807) is 12.1 Å². The maximum atomic E-state index is 13.5. The van der Waals surface area contributed by atoms with Crippen LogP contribution in [0.2, 0.25) is 0 Å². The van der Waals surface area contributed by atoms with E-state index in [0.717, 1.165) is 4.90 Å². The fourth-order valence-corrected chi connectivity index (χ4v) is 2.53. The summed E-state index contributed by atoms with van der Waals surface area (Å²) in [6, 6.07) is 8.77. The van der Waals surface area contributed by atoms with E-state index in [2.05, 4.69) is 0 Å². The lowest BCUT2D eigenvalue weighted by molar-refractivity contribution is 0.538. The maximum absolute atomic E-state index is 13.5. The number of nitrogens with two attached hydrogens (primary N) is 1. The lowest BCUT2D eigenvalue weighted by Crippen LogP contribution is -2.16. The lowest BCUT2D eigenvalue weighted by atomic mass is 10.1. The first-order chi connectivity index (χ1) is 9.08. The molecule has 0 aliphatic heterocycles. The van der Waals surface area contributed by atoms with Crippen LogP contribution in [0.4, 0.5) is 13.2 Å². The van der Waals surface area contributed by atoms with Gasteiger partial charge in [0.15, 0.2) is 0 Å². The van der Waals surface area contributed by atoms with Gasteiger partial charge in [0, 0.05) is 22.3 Å². The lowest BCUT2D eigenvalue weighted by Gasteiger charge is -2.13. The van der Waals surface area contributed by atoms with Gasteiger partial charge in [-0.25, -0.2) is 13.2 Å². The summed E-state index contributed by atoms with van der Waals surface area (Å²) >= 11 is 1.32. The van der Waals surface area contributed by atoms with E-state index in [4.69, 9.17) is 5.73 Å². The maximum Gasteiger partial charge on any atom is 0.130 e. The molecule has 1 nitrogen and oxygen atoms in total. The summed E-state index contributed by atoms with van der Waals surface area (Å²) in [4.78, 5) is 0.800. The van der Waals surface area contributed by atoms with Crippen molar-refractivity contribution in [1.82, 2.24) is 0 Å². The molecule has 0 amide bonds. The van der Waals surface area contributed by atoms with Crippen molar-refractivity contribution in [2.24, 2.45) is 5.73 Å². The Balaban J connectivity index is 2.05. The van der Waals surface area contributed by atoms with Crippen LogP contribution < -0.4 is 5.73 Å². The molecule has 2 aromatic carbocycles. The van der Waals surface area contributed by atoms with Gasteiger partial charge in [-0.3, -0.25) is 0 Å².